The second-order valence-corrected chi connectivity index (χ2v) is 7.97. The molecule has 1 aromatic carbocycles. The molecule has 0 radical (unpaired) electrons. The van der Waals surface area contributed by atoms with E-state index in [9.17, 15) is 8.42 Å². The zero-order chi connectivity index (χ0) is 14.0. The molecule has 0 atom stereocenters. The summed E-state index contributed by atoms with van der Waals surface area (Å²) >= 11 is 7.55. The Labute approximate surface area is 131 Å². The first kappa shape index (κ1) is 14.5. The molecule has 0 spiro atoms. The number of nitriles is 1. The summed E-state index contributed by atoms with van der Waals surface area (Å²) in [4.78, 5) is 0. The van der Waals surface area contributed by atoms with Crippen LogP contribution in [0.5, 0.6) is 0 Å². The van der Waals surface area contributed by atoms with E-state index in [1.807, 2.05) is 6.07 Å². The number of nitrogens with one attached hydrogen (secondary N) is 1. The van der Waals surface area contributed by atoms with E-state index in [0.29, 0.717) is 20.2 Å². The summed E-state index contributed by atoms with van der Waals surface area (Å²) in [6.07, 6.45) is 0. The van der Waals surface area contributed by atoms with E-state index in [-0.39, 0.29) is 4.21 Å². The van der Waals surface area contributed by atoms with Crippen LogP contribution in [0, 0.1) is 11.3 Å². The second kappa shape index (κ2) is 5.63. The fourth-order valence-electron chi connectivity index (χ4n) is 1.33. The van der Waals surface area contributed by atoms with Crippen LogP contribution in [-0.4, -0.2) is 8.42 Å². The molecule has 0 saturated carbocycles. The number of anilines is 1. The van der Waals surface area contributed by atoms with Gasteiger partial charge in [0.1, 0.15) is 0 Å². The highest BCUT2D eigenvalue weighted by Gasteiger charge is 2.20. The highest BCUT2D eigenvalue weighted by atomic mass is 79.9. The zero-order valence-corrected chi connectivity index (χ0v) is 14.0. The zero-order valence-electron chi connectivity index (χ0n) is 9.22. The molecule has 0 aliphatic carbocycles. The summed E-state index contributed by atoms with van der Waals surface area (Å²) < 4.78 is 28.1. The second-order valence-electron chi connectivity index (χ2n) is 3.47. The smallest absolute Gasteiger partial charge is 0.272 e. The van der Waals surface area contributed by atoms with Crippen molar-refractivity contribution in [2.75, 3.05) is 4.72 Å². The Morgan fingerprint density at radius 3 is 2.47 bits per heavy atom. The minimum atomic E-state index is -3.63. The number of sulfonamides is 1. The Balaban J connectivity index is 2.37. The molecule has 0 aliphatic rings. The Bertz CT molecular complexity index is 763. The minimum absolute atomic E-state index is 0.212. The molecule has 0 bridgehead atoms. The number of hydrogen-bond donors (Lipinski definition) is 1. The van der Waals surface area contributed by atoms with Crippen molar-refractivity contribution in [3.05, 3.63) is 44.2 Å². The van der Waals surface area contributed by atoms with E-state index in [0.717, 1.165) is 11.3 Å². The average Bonchev–Trinajstić information content (AvgIpc) is 2.79. The maximum Gasteiger partial charge on any atom is 0.272 e. The molecule has 8 heteroatoms. The van der Waals surface area contributed by atoms with Gasteiger partial charge in [-0.3, -0.25) is 4.72 Å². The lowest BCUT2D eigenvalue weighted by Crippen LogP contribution is -2.12. The third-order valence-corrected chi connectivity index (χ3v) is 6.86. The van der Waals surface area contributed by atoms with Crippen LogP contribution in [0.3, 0.4) is 0 Å². The van der Waals surface area contributed by atoms with Crippen molar-refractivity contribution in [1.82, 2.24) is 0 Å². The van der Waals surface area contributed by atoms with Gasteiger partial charge in [0.05, 0.1) is 17.3 Å². The molecule has 0 amide bonds. The van der Waals surface area contributed by atoms with Crippen LogP contribution in [-0.2, 0) is 10.0 Å². The van der Waals surface area contributed by atoms with Gasteiger partial charge in [-0.05, 0) is 61.5 Å². The van der Waals surface area contributed by atoms with Gasteiger partial charge in [-0.2, -0.15) is 5.26 Å². The van der Waals surface area contributed by atoms with E-state index in [2.05, 4.69) is 36.6 Å². The molecule has 2 rings (SSSR count). The normalized spacial score (nSPS) is 11.0. The SMILES string of the molecule is N#Cc1ccc(NS(=O)(=O)c2sccc2Br)c(Br)c1. The molecular weight excluding hydrogens is 416 g/mol. The van der Waals surface area contributed by atoms with Crippen LogP contribution in [0.1, 0.15) is 5.56 Å². The van der Waals surface area contributed by atoms with Crippen molar-refractivity contribution in [2.24, 2.45) is 0 Å². The summed E-state index contributed by atoms with van der Waals surface area (Å²) in [5, 5.41) is 10.4. The van der Waals surface area contributed by atoms with E-state index in [4.69, 9.17) is 5.26 Å². The highest BCUT2D eigenvalue weighted by molar-refractivity contribution is 9.11. The Hall–Kier alpha value is -0.880. The van der Waals surface area contributed by atoms with E-state index in [1.54, 1.807) is 29.6 Å². The fraction of sp³-hybridized carbons (Fsp3) is 0. The largest absolute Gasteiger partial charge is 0.278 e. The number of halogens is 2. The highest BCUT2D eigenvalue weighted by Crippen LogP contribution is 2.31. The molecule has 0 fully saturated rings. The molecule has 19 heavy (non-hydrogen) atoms. The summed E-state index contributed by atoms with van der Waals surface area (Å²) in [6, 6.07) is 8.30. The lowest BCUT2D eigenvalue weighted by atomic mass is 10.2. The maximum absolute atomic E-state index is 12.2. The first-order chi connectivity index (χ1) is 8.94. The van der Waals surface area contributed by atoms with Crippen LogP contribution >= 0.6 is 43.2 Å². The number of benzene rings is 1. The predicted molar refractivity (Wildman–Crippen MR) is 81.7 cm³/mol. The van der Waals surface area contributed by atoms with Crippen LogP contribution < -0.4 is 4.72 Å². The maximum atomic E-state index is 12.2. The number of nitrogens with zero attached hydrogens (tertiary/aromatic N) is 1. The molecule has 0 saturated heterocycles. The van der Waals surface area contributed by atoms with Crippen molar-refractivity contribution < 1.29 is 8.42 Å². The minimum Gasteiger partial charge on any atom is -0.278 e. The molecule has 98 valence electrons. The third kappa shape index (κ3) is 3.17. The summed E-state index contributed by atoms with van der Waals surface area (Å²) in [5.74, 6) is 0. The van der Waals surface area contributed by atoms with Gasteiger partial charge in [0, 0.05) is 8.95 Å². The fourth-order valence-corrected chi connectivity index (χ4v) is 5.36. The predicted octanol–water partition coefficient (Wildman–Crippen LogP) is 3.95. The lowest BCUT2D eigenvalue weighted by Gasteiger charge is -2.09. The molecule has 0 unspecified atom stereocenters. The van der Waals surface area contributed by atoms with Gasteiger partial charge in [0.25, 0.3) is 10.0 Å². The molecular formula is C11H6Br2N2O2S2. The number of rotatable bonds is 3. The molecule has 4 nitrogen and oxygen atoms in total. The molecule has 0 aliphatic heterocycles. The van der Waals surface area contributed by atoms with Crippen molar-refractivity contribution in [3.63, 3.8) is 0 Å². The van der Waals surface area contributed by atoms with Gasteiger partial charge >= 0.3 is 0 Å². The number of hydrogen-bond acceptors (Lipinski definition) is 4. The van der Waals surface area contributed by atoms with Crippen LogP contribution in [0.4, 0.5) is 5.69 Å². The van der Waals surface area contributed by atoms with Gasteiger partial charge in [-0.1, -0.05) is 0 Å². The molecule has 1 heterocycles. The topological polar surface area (TPSA) is 70.0 Å². The first-order valence-corrected chi connectivity index (χ1v) is 8.84. The van der Waals surface area contributed by atoms with Gasteiger partial charge < -0.3 is 0 Å². The van der Waals surface area contributed by atoms with Gasteiger partial charge in [0.2, 0.25) is 0 Å². The number of thiophene rings is 1. The van der Waals surface area contributed by atoms with E-state index in [1.165, 1.54) is 0 Å². The Kier molecular flexibility index (Phi) is 4.30. The van der Waals surface area contributed by atoms with Crippen LogP contribution in [0.2, 0.25) is 0 Å². The van der Waals surface area contributed by atoms with Crippen molar-refractivity contribution in [1.29, 1.82) is 5.26 Å². The summed E-state index contributed by atoms with van der Waals surface area (Å²) in [5.41, 5.74) is 0.839. The van der Waals surface area contributed by atoms with E-state index >= 15 is 0 Å². The van der Waals surface area contributed by atoms with E-state index < -0.39 is 10.0 Å². The Morgan fingerprint density at radius 2 is 1.95 bits per heavy atom. The quantitative estimate of drug-likeness (QED) is 0.815. The van der Waals surface area contributed by atoms with Crippen molar-refractivity contribution in [3.8, 4) is 6.07 Å². The summed E-state index contributed by atoms with van der Waals surface area (Å²) in [6.45, 7) is 0. The monoisotopic (exact) mass is 420 g/mol. The molecule has 1 aromatic heterocycles. The third-order valence-electron chi connectivity index (χ3n) is 2.17. The first-order valence-electron chi connectivity index (χ1n) is 4.89. The van der Waals surface area contributed by atoms with Gasteiger partial charge in [-0.15, -0.1) is 11.3 Å². The summed E-state index contributed by atoms with van der Waals surface area (Å²) in [7, 11) is -3.63. The van der Waals surface area contributed by atoms with Crippen molar-refractivity contribution >= 4 is 58.9 Å². The molecule has 1 N–H and O–H groups in total. The van der Waals surface area contributed by atoms with Crippen LogP contribution in [0.25, 0.3) is 0 Å². The standard InChI is InChI=1S/C11H6Br2N2O2S2/c12-8-3-4-18-11(8)19(16,17)15-10-2-1-7(6-14)5-9(10)13/h1-5,15H. The van der Waals surface area contributed by atoms with Crippen molar-refractivity contribution in [2.45, 2.75) is 4.21 Å². The van der Waals surface area contributed by atoms with Gasteiger partial charge in [-0.25, -0.2) is 8.42 Å². The average molecular weight is 422 g/mol. The Morgan fingerprint density at radius 1 is 1.21 bits per heavy atom. The molecule has 2 aromatic rings. The van der Waals surface area contributed by atoms with Crippen LogP contribution in [0.15, 0.2) is 42.8 Å². The van der Waals surface area contributed by atoms with Gasteiger partial charge in [0.15, 0.2) is 4.21 Å². The lowest BCUT2D eigenvalue weighted by molar-refractivity contribution is 0.603.